The lowest BCUT2D eigenvalue weighted by molar-refractivity contribution is 1.32. The van der Waals surface area contributed by atoms with Crippen LogP contribution in [0.15, 0.2) is 42.6 Å². The van der Waals surface area contributed by atoms with Crippen LogP contribution in [0.1, 0.15) is 5.56 Å². The molecule has 2 heteroatoms. The van der Waals surface area contributed by atoms with E-state index in [2.05, 4.69) is 36.2 Å². The molecule has 2 aromatic rings. The molecule has 0 aliphatic carbocycles. The Morgan fingerprint density at radius 2 is 1.71 bits per heavy atom. The summed E-state index contributed by atoms with van der Waals surface area (Å²) in [7, 11) is 0. The first-order chi connectivity index (χ1) is 6.75. The number of rotatable bonds is 1. The predicted molar refractivity (Wildman–Crippen MR) is 59.4 cm³/mol. The maximum absolute atomic E-state index is 5.76. The van der Waals surface area contributed by atoms with E-state index in [1.54, 1.807) is 6.20 Å². The van der Waals surface area contributed by atoms with E-state index >= 15 is 0 Å². The van der Waals surface area contributed by atoms with Gasteiger partial charge in [-0.2, -0.15) is 0 Å². The Balaban J connectivity index is 2.40. The molecule has 0 saturated heterocycles. The lowest BCUT2D eigenvalue weighted by atomic mass is 10.1. The van der Waals surface area contributed by atoms with Crippen LogP contribution in [0.2, 0.25) is 5.02 Å². The van der Waals surface area contributed by atoms with Crippen LogP contribution in [-0.2, 0) is 0 Å². The number of aromatic nitrogens is 1. The normalized spacial score (nSPS) is 10.1. The van der Waals surface area contributed by atoms with E-state index in [4.69, 9.17) is 11.6 Å². The maximum atomic E-state index is 5.76. The largest absolute Gasteiger partial charge is 0.255 e. The van der Waals surface area contributed by atoms with Crippen molar-refractivity contribution in [3.05, 3.63) is 53.2 Å². The van der Waals surface area contributed by atoms with Crippen molar-refractivity contribution in [2.75, 3.05) is 0 Å². The van der Waals surface area contributed by atoms with Gasteiger partial charge in [0, 0.05) is 11.8 Å². The molecule has 1 aromatic carbocycles. The van der Waals surface area contributed by atoms with Crippen LogP contribution >= 0.6 is 11.6 Å². The molecule has 0 amide bonds. The van der Waals surface area contributed by atoms with E-state index in [1.807, 2.05) is 12.1 Å². The molecule has 0 aliphatic rings. The Labute approximate surface area is 88.4 Å². The second-order valence-electron chi connectivity index (χ2n) is 3.23. The zero-order chi connectivity index (χ0) is 9.97. The molecular formula is C12H10ClN. The van der Waals surface area contributed by atoms with Crippen LogP contribution in [0.5, 0.6) is 0 Å². The minimum absolute atomic E-state index is 0.667. The molecule has 0 fully saturated rings. The third-order valence-electron chi connectivity index (χ3n) is 2.07. The second-order valence-corrected chi connectivity index (χ2v) is 3.66. The van der Waals surface area contributed by atoms with E-state index in [9.17, 15) is 0 Å². The van der Waals surface area contributed by atoms with Crippen molar-refractivity contribution in [1.29, 1.82) is 0 Å². The smallest absolute Gasteiger partial charge is 0.0703 e. The minimum Gasteiger partial charge on any atom is -0.255 e. The molecular weight excluding hydrogens is 194 g/mol. The van der Waals surface area contributed by atoms with Crippen LogP contribution in [-0.4, -0.2) is 4.98 Å². The first-order valence-electron chi connectivity index (χ1n) is 4.44. The van der Waals surface area contributed by atoms with Gasteiger partial charge in [0.2, 0.25) is 0 Å². The van der Waals surface area contributed by atoms with Gasteiger partial charge in [-0.3, -0.25) is 4.98 Å². The van der Waals surface area contributed by atoms with Crippen LogP contribution in [0.3, 0.4) is 0 Å². The van der Waals surface area contributed by atoms with Crippen molar-refractivity contribution in [2.24, 2.45) is 0 Å². The van der Waals surface area contributed by atoms with Gasteiger partial charge in [-0.1, -0.05) is 41.4 Å². The number of hydrogen-bond donors (Lipinski definition) is 0. The van der Waals surface area contributed by atoms with Gasteiger partial charge in [-0.25, -0.2) is 0 Å². The molecule has 0 atom stereocenters. The molecule has 2 rings (SSSR count). The number of hydrogen-bond acceptors (Lipinski definition) is 1. The maximum Gasteiger partial charge on any atom is 0.0703 e. The molecule has 0 spiro atoms. The van der Waals surface area contributed by atoms with Crippen molar-refractivity contribution in [3.8, 4) is 11.3 Å². The van der Waals surface area contributed by atoms with Gasteiger partial charge in [0.15, 0.2) is 0 Å². The fraction of sp³-hybridized carbons (Fsp3) is 0.0833. The Morgan fingerprint density at radius 3 is 2.29 bits per heavy atom. The van der Waals surface area contributed by atoms with E-state index in [0.29, 0.717) is 5.02 Å². The lowest BCUT2D eigenvalue weighted by Crippen LogP contribution is -1.82. The predicted octanol–water partition coefficient (Wildman–Crippen LogP) is 3.71. The van der Waals surface area contributed by atoms with Crippen LogP contribution in [0.4, 0.5) is 0 Å². The first-order valence-corrected chi connectivity index (χ1v) is 4.82. The van der Waals surface area contributed by atoms with E-state index in [1.165, 1.54) is 5.56 Å². The Bertz CT molecular complexity index is 374. The highest BCUT2D eigenvalue weighted by atomic mass is 35.5. The van der Waals surface area contributed by atoms with Gasteiger partial charge in [0.1, 0.15) is 0 Å². The topological polar surface area (TPSA) is 12.9 Å². The van der Waals surface area contributed by atoms with E-state index in [-0.39, 0.29) is 0 Å². The molecule has 70 valence electrons. The molecule has 0 saturated carbocycles. The van der Waals surface area contributed by atoms with Gasteiger partial charge in [-0.15, -0.1) is 0 Å². The van der Waals surface area contributed by atoms with Crippen LogP contribution in [0, 0.1) is 6.92 Å². The SMILES string of the molecule is Cc1ccc(-c2ccc(Cl)cn2)cc1. The summed E-state index contributed by atoms with van der Waals surface area (Å²) in [5.74, 6) is 0. The average Bonchev–Trinajstić information content (AvgIpc) is 2.21. The van der Waals surface area contributed by atoms with Crippen LogP contribution < -0.4 is 0 Å². The summed E-state index contributed by atoms with van der Waals surface area (Å²) >= 11 is 5.76. The van der Waals surface area contributed by atoms with Crippen molar-refractivity contribution >= 4 is 11.6 Å². The summed E-state index contributed by atoms with van der Waals surface area (Å²) in [6.45, 7) is 2.07. The number of aryl methyl sites for hydroxylation is 1. The van der Waals surface area contributed by atoms with Crippen molar-refractivity contribution in [3.63, 3.8) is 0 Å². The number of halogens is 1. The fourth-order valence-corrected chi connectivity index (χ4v) is 1.38. The molecule has 1 heterocycles. The standard InChI is InChI=1S/C12H10ClN/c1-9-2-4-10(5-3-9)12-7-6-11(13)8-14-12/h2-8H,1H3. The average molecular weight is 204 g/mol. The third kappa shape index (κ3) is 1.94. The molecule has 0 N–H and O–H groups in total. The zero-order valence-corrected chi connectivity index (χ0v) is 8.62. The van der Waals surface area contributed by atoms with Gasteiger partial charge >= 0.3 is 0 Å². The van der Waals surface area contributed by atoms with Crippen molar-refractivity contribution < 1.29 is 0 Å². The molecule has 0 unspecified atom stereocenters. The van der Waals surface area contributed by atoms with Gasteiger partial charge in [0.05, 0.1) is 10.7 Å². The zero-order valence-electron chi connectivity index (χ0n) is 7.87. The summed E-state index contributed by atoms with van der Waals surface area (Å²) in [5.41, 5.74) is 3.32. The summed E-state index contributed by atoms with van der Waals surface area (Å²) in [6.07, 6.45) is 1.66. The molecule has 1 aromatic heterocycles. The quantitative estimate of drug-likeness (QED) is 0.689. The highest BCUT2D eigenvalue weighted by Crippen LogP contribution is 2.18. The number of nitrogens with zero attached hydrogens (tertiary/aromatic N) is 1. The van der Waals surface area contributed by atoms with Gasteiger partial charge < -0.3 is 0 Å². The highest BCUT2D eigenvalue weighted by Gasteiger charge is 1.97. The third-order valence-corrected chi connectivity index (χ3v) is 2.30. The van der Waals surface area contributed by atoms with Gasteiger partial charge in [-0.05, 0) is 19.1 Å². The van der Waals surface area contributed by atoms with Gasteiger partial charge in [0.25, 0.3) is 0 Å². The molecule has 14 heavy (non-hydrogen) atoms. The molecule has 0 aliphatic heterocycles. The Morgan fingerprint density at radius 1 is 1.00 bits per heavy atom. The van der Waals surface area contributed by atoms with E-state index in [0.717, 1.165) is 11.3 Å². The Kier molecular flexibility index (Phi) is 2.51. The molecule has 0 bridgehead atoms. The molecule has 1 nitrogen and oxygen atoms in total. The number of pyridine rings is 1. The molecule has 0 radical (unpaired) electrons. The fourth-order valence-electron chi connectivity index (χ4n) is 1.27. The van der Waals surface area contributed by atoms with Crippen molar-refractivity contribution in [1.82, 2.24) is 4.98 Å². The van der Waals surface area contributed by atoms with Crippen molar-refractivity contribution in [2.45, 2.75) is 6.92 Å². The highest BCUT2D eigenvalue weighted by molar-refractivity contribution is 6.30. The van der Waals surface area contributed by atoms with Crippen LogP contribution in [0.25, 0.3) is 11.3 Å². The monoisotopic (exact) mass is 203 g/mol. The first kappa shape index (κ1) is 9.22. The summed E-state index contributed by atoms with van der Waals surface area (Å²) < 4.78 is 0. The summed E-state index contributed by atoms with van der Waals surface area (Å²) in [6, 6.07) is 12.0. The van der Waals surface area contributed by atoms with E-state index < -0.39 is 0 Å². The minimum atomic E-state index is 0.667. The summed E-state index contributed by atoms with van der Waals surface area (Å²) in [5, 5.41) is 0.667. The Hall–Kier alpha value is -1.34. The second kappa shape index (κ2) is 3.81. The summed E-state index contributed by atoms with van der Waals surface area (Å²) in [4.78, 5) is 4.25. The number of benzene rings is 1. The lowest BCUT2D eigenvalue weighted by Gasteiger charge is -2.00.